The van der Waals surface area contributed by atoms with Gasteiger partial charge in [-0.25, -0.2) is 0 Å². The van der Waals surface area contributed by atoms with E-state index in [4.69, 9.17) is 0 Å². The van der Waals surface area contributed by atoms with Gasteiger partial charge < -0.3 is 5.32 Å². The van der Waals surface area contributed by atoms with E-state index in [0.29, 0.717) is 18.0 Å². The lowest BCUT2D eigenvalue weighted by molar-refractivity contribution is 0.363. The first kappa shape index (κ1) is 13.4. The maximum atomic E-state index is 3.88. The van der Waals surface area contributed by atoms with Gasteiger partial charge in [0.05, 0.1) is 0 Å². The van der Waals surface area contributed by atoms with Crippen molar-refractivity contribution < 1.29 is 0 Å². The molecule has 0 saturated heterocycles. The molecule has 0 heterocycles. The summed E-state index contributed by atoms with van der Waals surface area (Å²) in [4.78, 5) is 0. The van der Waals surface area contributed by atoms with Gasteiger partial charge in [-0.1, -0.05) is 68.4 Å². The van der Waals surface area contributed by atoms with Crippen LogP contribution in [-0.2, 0) is 12.8 Å². The summed E-state index contributed by atoms with van der Waals surface area (Å²) in [6.45, 7) is 4.60. The SMILES string of the molecule is CC(C)C(NC1Cc2ccccc2C1)c1ccccc1. The average molecular weight is 265 g/mol. The van der Waals surface area contributed by atoms with E-state index in [2.05, 4.69) is 73.8 Å². The Morgan fingerprint density at radius 3 is 1.95 bits per heavy atom. The van der Waals surface area contributed by atoms with E-state index in [1.807, 2.05) is 0 Å². The van der Waals surface area contributed by atoms with Crippen LogP contribution >= 0.6 is 0 Å². The van der Waals surface area contributed by atoms with Crippen molar-refractivity contribution in [1.82, 2.24) is 5.32 Å². The summed E-state index contributed by atoms with van der Waals surface area (Å²) in [5, 5.41) is 3.88. The van der Waals surface area contributed by atoms with Gasteiger partial charge in [0, 0.05) is 12.1 Å². The smallest absolute Gasteiger partial charge is 0.0346 e. The molecule has 0 aliphatic heterocycles. The van der Waals surface area contributed by atoms with Crippen LogP contribution in [0.15, 0.2) is 54.6 Å². The van der Waals surface area contributed by atoms with Gasteiger partial charge in [0.15, 0.2) is 0 Å². The Bertz CT molecular complexity index is 534. The van der Waals surface area contributed by atoms with Crippen LogP contribution in [0.5, 0.6) is 0 Å². The third kappa shape index (κ3) is 2.78. The van der Waals surface area contributed by atoms with Crippen molar-refractivity contribution in [3.8, 4) is 0 Å². The van der Waals surface area contributed by atoms with Gasteiger partial charge in [-0.15, -0.1) is 0 Å². The molecule has 2 aromatic rings. The number of hydrogen-bond donors (Lipinski definition) is 1. The highest BCUT2D eigenvalue weighted by molar-refractivity contribution is 5.33. The topological polar surface area (TPSA) is 12.0 Å². The molecule has 0 radical (unpaired) electrons. The Morgan fingerprint density at radius 2 is 1.40 bits per heavy atom. The Morgan fingerprint density at radius 1 is 0.850 bits per heavy atom. The zero-order valence-electron chi connectivity index (χ0n) is 12.3. The van der Waals surface area contributed by atoms with Crippen molar-refractivity contribution >= 4 is 0 Å². The second kappa shape index (κ2) is 5.80. The average Bonchev–Trinajstić information content (AvgIpc) is 2.88. The van der Waals surface area contributed by atoms with Crippen LogP contribution < -0.4 is 5.32 Å². The first-order chi connectivity index (χ1) is 9.74. The lowest BCUT2D eigenvalue weighted by Gasteiger charge is -2.26. The molecule has 0 saturated carbocycles. The van der Waals surface area contributed by atoms with Crippen molar-refractivity contribution in [2.24, 2.45) is 5.92 Å². The van der Waals surface area contributed by atoms with Gasteiger partial charge in [-0.05, 0) is 35.4 Å². The van der Waals surface area contributed by atoms with Crippen LogP contribution in [0.25, 0.3) is 0 Å². The van der Waals surface area contributed by atoms with E-state index in [1.165, 1.54) is 16.7 Å². The van der Waals surface area contributed by atoms with Crippen LogP contribution in [-0.4, -0.2) is 6.04 Å². The minimum atomic E-state index is 0.440. The Kier molecular flexibility index (Phi) is 3.88. The molecule has 1 heteroatoms. The molecule has 0 spiro atoms. The molecule has 3 rings (SSSR count). The molecule has 1 unspecified atom stereocenters. The third-order valence-electron chi connectivity index (χ3n) is 4.29. The highest BCUT2D eigenvalue weighted by atomic mass is 15.0. The van der Waals surface area contributed by atoms with Crippen molar-refractivity contribution in [3.05, 3.63) is 71.3 Å². The molecule has 20 heavy (non-hydrogen) atoms. The molecule has 1 aliphatic carbocycles. The molecule has 0 aromatic heterocycles. The molecular weight excluding hydrogens is 242 g/mol. The predicted molar refractivity (Wildman–Crippen MR) is 84.8 cm³/mol. The van der Waals surface area contributed by atoms with E-state index >= 15 is 0 Å². The molecule has 1 N–H and O–H groups in total. The summed E-state index contributed by atoms with van der Waals surface area (Å²) in [7, 11) is 0. The van der Waals surface area contributed by atoms with E-state index in [1.54, 1.807) is 0 Å². The predicted octanol–water partition coefficient (Wildman–Crippen LogP) is 4.14. The lowest BCUT2D eigenvalue weighted by atomic mass is 9.95. The van der Waals surface area contributed by atoms with Gasteiger partial charge in [0.1, 0.15) is 0 Å². The van der Waals surface area contributed by atoms with Gasteiger partial charge in [-0.3, -0.25) is 0 Å². The number of fused-ring (bicyclic) bond motifs is 1. The van der Waals surface area contributed by atoms with Gasteiger partial charge in [-0.2, -0.15) is 0 Å². The zero-order chi connectivity index (χ0) is 13.9. The summed E-state index contributed by atoms with van der Waals surface area (Å²) in [6.07, 6.45) is 2.32. The summed E-state index contributed by atoms with van der Waals surface area (Å²) >= 11 is 0. The van der Waals surface area contributed by atoms with E-state index < -0.39 is 0 Å². The molecular formula is C19H23N. The largest absolute Gasteiger partial charge is 0.306 e. The zero-order valence-corrected chi connectivity index (χ0v) is 12.3. The number of benzene rings is 2. The van der Waals surface area contributed by atoms with E-state index in [-0.39, 0.29) is 0 Å². The minimum Gasteiger partial charge on any atom is -0.306 e. The fourth-order valence-corrected chi connectivity index (χ4v) is 3.26. The molecule has 2 aromatic carbocycles. The molecule has 0 amide bonds. The van der Waals surface area contributed by atoms with Crippen LogP contribution in [0, 0.1) is 5.92 Å². The third-order valence-corrected chi connectivity index (χ3v) is 4.29. The number of hydrogen-bond acceptors (Lipinski definition) is 1. The van der Waals surface area contributed by atoms with E-state index in [0.717, 1.165) is 12.8 Å². The van der Waals surface area contributed by atoms with Crippen LogP contribution in [0.2, 0.25) is 0 Å². The van der Waals surface area contributed by atoms with Crippen molar-refractivity contribution in [2.75, 3.05) is 0 Å². The van der Waals surface area contributed by atoms with Gasteiger partial charge >= 0.3 is 0 Å². The fourth-order valence-electron chi connectivity index (χ4n) is 3.26. The Hall–Kier alpha value is -1.60. The number of rotatable bonds is 4. The summed E-state index contributed by atoms with van der Waals surface area (Å²) < 4.78 is 0. The summed E-state index contributed by atoms with van der Waals surface area (Å²) in [6, 6.07) is 20.7. The summed E-state index contributed by atoms with van der Waals surface area (Å²) in [5.74, 6) is 0.598. The minimum absolute atomic E-state index is 0.440. The first-order valence-electron chi connectivity index (χ1n) is 7.62. The Balaban J connectivity index is 1.73. The summed E-state index contributed by atoms with van der Waals surface area (Å²) in [5.41, 5.74) is 4.43. The second-order valence-electron chi connectivity index (χ2n) is 6.17. The molecule has 0 fully saturated rings. The molecule has 1 aliphatic rings. The maximum Gasteiger partial charge on any atom is 0.0346 e. The highest BCUT2D eigenvalue weighted by Gasteiger charge is 2.25. The van der Waals surface area contributed by atoms with Crippen molar-refractivity contribution in [1.29, 1.82) is 0 Å². The molecule has 1 atom stereocenters. The van der Waals surface area contributed by atoms with Crippen LogP contribution in [0.3, 0.4) is 0 Å². The van der Waals surface area contributed by atoms with Crippen LogP contribution in [0.4, 0.5) is 0 Å². The van der Waals surface area contributed by atoms with Crippen molar-refractivity contribution in [3.63, 3.8) is 0 Å². The van der Waals surface area contributed by atoms with Gasteiger partial charge in [0.2, 0.25) is 0 Å². The maximum absolute atomic E-state index is 3.88. The molecule has 104 valence electrons. The second-order valence-corrected chi connectivity index (χ2v) is 6.17. The van der Waals surface area contributed by atoms with Crippen LogP contribution in [0.1, 0.15) is 36.6 Å². The highest BCUT2D eigenvalue weighted by Crippen LogP contribution is 2.27. The van der Waals surface area contributed by atoms with Crippen molar-refractivity contribution in [2.45, 2.75) is 38.8 Å². The number of nitrogens with one attached hydrogen (secondary N) is 1. The standard InChI is InChI=1S/C19H23N/c1-14(2)19(15-8-4-3-5-9-15)20-18-12-16-10-6-7-11-17(16)13-18/h3-11,14,18-20H,12-13H2,1-2H3. The normalized spacial score (nSPS) is 16.4. The quantitative estimate of drug-likeness (QED) is 0.876. The first-order valence-corrected chi connectivity index (χ1v) is 7.62. The molecule has 1 nitrogen and oxygen atoms in total. The molecule has 0 bridgehead atoms. The monoisotopic (exact) mass is 265 g/mol. The lowest BCUT2D eigenvalue weighted by Crippen LogP contribution is -2.36. The van der Waals surface area contributed by atoms with Gasteiger partial charge in [0.25, 0.3) is 0 Å². The van der Waals surface area contributed by atoms with E-state index in [9.17, 15) is 0 Å². The Labute approximate surface area is 122 Å². The fraction of sp³-hybridized carbons (Fsp3) is 0.368.